The summed E-state index contributed by atoms with van der Waals surface area (Å²) in [7, 11) is 0. The van der Waals surface area contributed by atoms with E-state index in [1.165, 1.54) is 16.7 Å². The van der Waals surface area contributed by atoms with Gasteiger partial charge in [-0.1, -0.05) is 6.92 Å². The van der Waals surface area contributed by atoms with Crippen molar-refractivity contribution in [2.75, 3.05) is 13.2 Å². The number of rotatable bonds is 1. The molecule has 0 spiro atoms. The van der Waals surface area contributed by atoms with Crippen LogP contribution in [0.2, 0.25) is 0 Å². The second-order valence-corrected chi connectivity index (χ2v) is 5.87. The minimum Gasteiger partial charge on any atom is -0.462 e. The summed E-state index contributed by atoms with van der Waals surface area (Å²) >= 11 is 0. The lowest BCUT2D eigenvalue weighted by molar-refractivity contribution is 0.0479. The average molecular weight is 246 g/mol. The highest BCUT2D eigenvalue weighted by atomic mass is 16.5. The van der Waals surface area contributed by atoms with E-state index < -0.39 is 0 Å². The molecule has 1 N–H and O–H groups in total. The predicted octanol–water partition coefficient (Wildman–Crippen LogP) is 1.81. The largest absolute Gasteiger partial charge is 0.462 e. The number of fused-ring (bicyclic) bond motifs is 2. The van der Waals surface area contributed by atoms with Gasteiger partial charge in [0.25, 0.3) is 0 Å². The second-order valence-electron chi connectivity index (χ2n) is 5.87. The number of aliphatic hydroxyl groups is 1. The molecule has 1 aliphatic heterocycles. The molecule has 2 aliphatic rings. The van der Waals surface area contributed by atoms with Crippen LogP contribution in [0.15, 0.2) is 6.07 Å². The van der Waals surface area contributed by atoms with Crippen molar-refractivity contribution in [1.82, 2.24) is 0 Å². The van der Waals surface area contributed by atoms with E-state index in [4.69, 9.17) is 4.74 Å². The van der Waals surface area contributed by atoms with Crippen LogP contribution in [0.1, 0.15) is 39.5 Å². The predicted molar refractivity (Wildman–Crippen MR) is 67.8 cm³/mol. The highest BCUT2D eigenvalue weighted by molar-refractivity contribution is 5.93. The zero-order valence-electron chi connectivity index (χ0n) is 10.9. The minimum atomic E-state index is -0.195. The molecule has 1 heterocycles. The third-order valence-corrected chi connectivity index (χ3v) is 4.34. The standard InChI is InChI=1S/C15H18O3/c1-9-11-3-4-18-14(17)12(11)5-10-6-15(2,8-16)7-13(9)10/h5,16H,3-4,6-8H2,1-2H3/t15-/m0/s1. The first kappa shape index (κ1) is 11.7. The first-order chi connectivity index (χ1) is 8.54. The van der Waals surface area contributed by atoms with Gasteiger partial charge in [0.15, 0.2) is 0 Å². The lowest BCUT2D eigenvalue weighted by Gasteiger charge is -2.20. The van der Waals surface area contributed by atoms with Gasteiger partial charge in [0.2, 0.25) is 0 Å². The molecule has 3 heteroatoms. The third-order valence-electron chi connectivity index (χ3n) is 4.34. The van der Waals surface area contributed by atoms with E-state index in [1.807, 2.05) is 6.07 Å². The zero-order chi connectivity index (χ0) is 12.9. The number of carbonyl (C=O) groups is 1. The smallest absolute Gasteiger partial charge is 0.338 e. The van der Waals surface area contributed by atoms with Crippen molar-refractivity contribution < 1.29 is 14.6 Å². The molecule has 0 aromatic heterocycles. The van der Waals surface area contributed by atoms with Gasteiger partial charge in [-0.25, -0.2) is 4.79 Å². The van der Waals surface area contributed by atoms with Crippen LogP contribution in [0.25, 0.3) is 0 Å². The lowest BCUT2D eigenvalue weighted by Crippen LogP contribution is -2.21. The fourth-order valence-electron chi connectivity index (χ4n) is 3.27. The first-order valence-corrected chi connectivity index (χ1v) is 6.46. The maximum atomic E-state index is 11.8. The van der Waals surface area contributed by atoms with Gasteiger partial charge < -0.3 is 9.84 Å². The van der Waals surface area contributed by atoms with Crippen molar-refractivity contribution in [3.63, 3.8) is 0 Å². The molecule has 0 saturated heterocycles. The van der Waals surface area contributed by atoms with Gasteiger partial charge in [-0.2, -0.15) is 0 Å². The van der Waals surface area contributed by atoms with Gasteiger partial charge in [0.05, 0.1) is 12.2 Å². The maximum absolute atomic E-state index is 11.8. The Labute approximate surface area is 107 Å². The molecule has 1 aromatic carbocycles. The summed E-state index contributed by atoms with van der Waals surface area (Å²) in [6.07, 6.45) is 2.57. The molecule has 0 amide bonds. The Morgan fingerprint density at radius 2 is 2.17 bits per heavy atom. The number of aliphatic hydroxyl groups excluding tert-OH is 1. The summed E-state index contributed by atoms with van der Waals surface area (Å²) in [5, 5.41) is 9.51. The number of ether oxygens (including phenoxy) is 1. The molecule has 3 nitrogen and oxygen atoms in total. The molecule has 0 bridgehead atoms. The van der Waals surface area contributed by atoms with Crippen molar-refractivity contribution in [2.45, 2.75) is 33.1 Å². The van der Waals surface area contributed by atoms with E-state index in [0.29, 0.717) is 6.61 Å². The van der Waals surface area contributed by atoms with Crippen molar-refractivity contribution in [3.05, 3.63) is 33.9 Å². The quantitative estimate of drug-likeness (QED) is 0.769. The SMILES string of the molecule is Cc1c2c(cc3c1CCOC3=O)C[C@](C)(CO)C2. The summed E-state index contributed by atoms with van der Waals surface area (Å²) in [6, 6.07) is 1.99. The van der Waals surface area contributed by atoms with Gasteiger partial charge in [-0.15, -0.1) is 0 Å². The monoisotopic (exact) mass is 246 g/mol. The Morgan fingerprint density at radius 3 is 2.89 bits per heavy atom. The van der Waals surface area contributed by atoms with E-state index in [1.54, 1.807) is 0 Å². The molecule has 3 rings (SSSR count). The van der Waals surface area contributed by atoms with Crippen LogP contribution in [-0.4, -0.2) is 24.3 Å². The topological polar surface area (TPSA) is 46.5 Å². The van der Waals surface area contributed by atoms with Crippen molar-refractivity contribution >= 4 is 5.97 Å². The van der Waals surface area contributed by atoms with Gasteiger partial charge in [0.1, 0.15) is 0 Å². The fourth-order valence-corrected chi connectivity index (χ4v) is 3.27. The number of hydrogen-bond acceptors (Lipinski definition) is 3. The fraction of sp³-hybridized carbons (Fsp3) is 0.533. The van der Waals surface area contributed by atoms with Crippen molar-refractivity contribution in [3.8, 4) is 0 Å². The molecular formula is C15H18O3. The van der Waals surface area contributed by atoms with Crippen LogP contribution in [0.3, 0.4) is 0 Å². The number of benzene rings is 1. The summed E-state index contributed by atoms with van der Waals surface area (Å²) in [5.41, 5.74) is 5.59. The highest BCUT2D eigenvalue weighted by Gasteiger charge is 2.35. The molecule has 0 fully saturated rings. The summed E-state index contributed by atoms with van der Waals surface area (Å²) in [4.78, 5) is 11.8. The van der Waals surface area contributed by atoms with Crippen LogP contribution >= 0.6 is 0 Å². The Kier molecular flexibility index (Phi) is 2.49. The summed E-state index contributed by atoms with van der Waals surface area (Å²) in [6.45, 7) is 4.88. The third kappa shape index (κ3) is 1.57. The first-order valence-electron chi connectivity index (χ1n) is 6.46. The molecule has 96 valence electrons. The molecule has 0 radical (unpaired) electrons. The molecule has 18 heavy (non-hydrogen) atoms. The van der Waals surface area contributed by atoms with E-state index >= 15 is 0 Å². The number of esters is 1. The molecule has 0 saturated carbocycles. The van der Waals surface area contributed by atoms with Crippen molar-refractivity contribution in [2.24, 2.45) is 5.41 Å². The average Bonchev–Trinajstić information content (AvgIpc) is 2.69. The molecule has 1 aromatic rings. The normalized spacial score (nSPS) is 25.6. The van der Waals surface area contributed by atoms with Gasteiger partial charge >= 0.3 is 5.97 Å². The Morgan fingerprint density at radius 1 is 1.39 bits per heavy atom. The van der Waals surface area contributed by atoms with Crippen LogP contribution in [0.5, 0.6) is 0 Å². The van der Waals surface area contributed by atoms with Crippen LogP contribution < -0.4 is 0 Å². The van der Waals surface area contributed by atoms with E-state index in [2.05, 4.69) is 13.8 Å². The summed E-state index contributed by atoms with van der Waals surface area (Å²) in [5.74, 6) is -0.195. The van der Waals surface area contributed by atoms with Crippen molar-refractivity contribution in [1.29, 1.82) is 0 Å². The van der Waals surface area contributed by atoms with Crippen LogP contribution in [0.4, 0.5) is 0 Å². The molecule has 0 unspecified atom stereocenters. The second kappa shape index (κ2) is 3.82. The van der Waals surface area contributed by atoms with E-state index in [0.717, 1.165) is 30.4 Å². The highest BCUT2D eigenvalue weighted by Crippen LogP contribution is 2.40. The minimum absolute atomic E-state index is 0.0685. The summed E-state index contributed by atoms with van der Waals surface area (Å²) < 4.78 is 5.11. The van der Waals surface area contributed by atoms with Gasteiger partial charge in [-0.3, -0.25) is 0 Å². The Hall–Kier alpha value is -1.35. The van der Waals surface area contributed by atoms with Crippen LogP contribution in [0, 0.1) is 12.3 Å². The molecular weight excluding hydrogens is 228 g/mol. The van der Waals surface area contributed by atoms with Gasteiger partial charge in [-0.05, 0) is 53.5 Å². The lowest BCUT2D eigenvalue weighted by atomic mass is 9.88. The van der Waals surface area contributed by atoms with Gasteiger partial charge in [0, 0.05) is 13.0 Å². The van der Waals surface area contributed by atoms with E-state index in [9.17, 15) is 9.90 Å². The number of hydrogen-bond donors (Lipinski definition) is 1. The Bertz CT molecular complexity index is 533. The zero-order valence-corrected chi connectivity index (χ0v) is 10.9. The Balaban J connectivity index is 2.14. The molecule has 1 aliphatic carbocycles. The van der Waals surface area contributed by atoms with Crippen LogP contribution in [-0.2, 0) is 24.0 Å². The number of carbonyl (C=O) groups excluding carboxylic acids is 1. The van der Waals surface area contributed by atoms with E-state index in [-0.39, 0.29) is 18.0 Å². The molecule has 1 atom stereocenters. The maximum Gasteiger partial charge on any atom is 0.338 e. The number of cyclic esters (lactones) is 1.